The van der Waals surface area contributed by atoms with E-state index in [-0.39, 0.29) is 18.0 Å². The van der Waals surface area contributed by atoms with Gasteiger partial charge in [0.2, 0.25) is 11.8 Å². The number of hydrogen-bond acceptors (Lipinski definition) is 5. The number of aliphatic hydroxyl groups is 1. The summed E-state index contributed by atoms with van der Waals surface area (Å²) in [7, 11) is 0. The summed E-state index contributed by atoms with van der Waals surface area (Å²) in [6.07, 6.45) is 5.96. The molecule has 3 N–H and O–H groups in total. The number of aryl methyl sites for hydroxylation is 2. The number of alkyl carbamates (subject to hydrolysis) is 1. The van der Waals surface area contributed by atoms with Crippen LogP contribution in [-0.4, -0.2) is 58.2 Å². The van der Waals surface area contributed by atoms with E-state index in [1.54, 1.807) is 25.7 Å². The molecule has 0 bridgehead atoms. The Morgan fingerprint density at radius 2 is 1.71 bits per heavy atom. The minimum absolute atomic E-state index is 0.0926. The first kappa shape index (κ1) is 27.0. The lowest BCUT2D eigenvalue weighted by atomic mass is 9.94. The fourth-order valence-corrected chi connectivity index (χ4v) is 4.59. The van der Waals surface area contributed by atoms with E-state index in [2.05, 4.69) is 10.6 Å². The Bertz CT molecular complexity index is 916. The molecule has 0 aromatic heterocycles. The second-order valence-corrected chi connectivity index (χ2v) is 10.9. The summed E-state index contributed by atoms with van der Waals surface area (Å²) in [5.41, 5.74) is 2.12. The Balaban J connectivity index is 1.91. The van der Waals surface area contributed by atoms with Crippen LogP contribution < -0.4 is 10.6 Å². The first-order chi connectivity index (χ1) is 16.5. The topological polar surface area (TPSA) is 108 Å². The first-order valence-corrected chi connectivity index (χ1v) is 12.8. The maximum Gasteiger partial charge on any atom is 0.408 e. The molecule has 0 aliphatic heterocycles. The van der Waals surface area contributed by atoms with Crippen molar-refractivity contribution < 1.29 is 24.2 Å². The molecule has 8 heteroatoms. The van der Waals surface area contributed by atoms with Crippen molar-refractivity contribution in [1.82, 2.24) is 15.5 Å². The fourth-order valence-electron chi connectivity index (χ4n) is 4.59. The molecule has 35 heavy (non-hydrogen) atoms. The molecule has 2 atom stereocenters. The Morgan fingerprint density at radius 3 is 2.26 bits per heavy atom. The number of carbonyl (C=O) groups excluding carboxylic acids is 3. The third-order valence-corrected chi connectivity index (χ3v) is 6.69. The smallest absolute Gasteiger partial charge is 0.408 e. The van der Waals surface area contributed by atoms with Crippen LogP contribution in [0.25, 0.3) is 0 Å². The van der Waals surface area contributed by atoms with Gasteiger partial charge in [0.15, 0.2) is 0 Å². The largest absolute Gasteiger partial charge is 0.444 e. The summed E-state index contributed by atoms with van der Waals surface area (Å²) >= 11 is 0. The van der Waals surface area contributed by atoms with Gasteiger partial charge in [-0.05, 0) is 77.0 Å². The van der Waals surface area contributed by atoms with Crippen LogP contribution in [0.1, 0.15) is 88.4 Å². The van der Waals surface area contributed by atoms with Crippen LogP contribution in [0.3, 0.4) is 0 Å². The molecule has 0 spiro atoms. The van der Waals surface area contributed by atoms with Crippen molar-refractivity contribution in [2.75, 3.05) is 6.61 Å². The molecule has 2 aliphatic rings. The standard InChI is InChI=1S/C27H41N3O5/c1-17-11-12-19(15-18(17)2)23(24(32)28-20-9-7-6-8-10-20)30(21-13-14-21)25(33)22(16-31)29-26(34)35-27(3,4)5/h11-12,15,20-23,31H,6-10,13-14,16H2,1-5H3,(H,28,32)(H,29,34). The van der Waals surface area contributed by atoms with Crippen molar-refractivity contribution in [2.45, 2.75) is 109 Å². The second kappa shape index (κ2) is 11.4. The fraction of sp³-hybridized carbons (Fsp3) is 0.667. The molecule has 0 heterocycles. The predicted molar refractivity (Wildman–Crippen MR) is 134 cm³/mol. The number of hydrogen-bond donors (Lipinski definition) is 3. The molecular formula is C27H41N3O5. The van der Waals surface area contributed by atoms with E-state index in [4.69, 9.17) is 4.74 Å². The van der Waals surface area contributed by atoms with Crippen LogP contribution >= 0.6 is 0 Å². The van der Waals surface area contributed by atoms with Gasteiger partial charge in [0, 0.05) is 12.1 Å². The number of nitrogens with one attached hydrogen (secondary N) is 2. The third-order valence-electron chi connectivity index (χ3n) is 6.69. The Hall–Kier alpha value is -2.61. The lowest BCUT2D eigenvalue weighted by Gasteiger charge is -2.35. The quantitative estimate of drug-likeness (QED) is 0.519. The highest BCUT2D eigenvalue weighted by Gasteiger charge is 2.44. The molecule has 0 radical (unpaired) electrons. The molecule has 2 fully saturated rings. The van der Waals surface area contributed by atoms with Gasteiger partial charge in [-0.15, -0.1) is 0 Å². The highest BCUT2D eigenvalue weighted by molar-refractivity contribution is 5.92. The van der Waals surface area contributed by atoms with Gasteiger partial charge < -0.3 is 25.4 Å². The van der Waals surface area contributed by atoms with E-state index < -0.39 is 36.3 Å². The Labute approximate surface area is 208 Å². The van der Waals surface area contributed by atoms with Crippen molar-refractivity contribution in [1.29, 1.82) is 0 Å². The highest BCUT2D eigenvalue weighted by atomic mass is 16.6. The molecule has 2 saturated carbocycles. The number of nitrogens with zero attached hydrogens (tertiary/aromatic N) is 1. The van der Waals surface area contributed by atoms with Crippen molar-refractivity contribution in [3.63, 3.8) is 0 Å². The third kappa shape index (κ3) is 7.43. The van der Waals surface area contributed by atoms with E-state index in [0.717, 1.165) is 55.2 Å². The summed E-state index contributed by atoms with van der Waals surface area (Å²) < 4.78 is 5.29. The van der Waals surface area contributed by atoms with Gasteiger partial charge in [-0.1, -0.05) is 37.5 Å². The molecule has 2 unspecified atom stereocenters. The van der Waals surface area contributed by atoms with Gasteiger partial charge >= 0.3 is 6.09 Å². The van der Waals surface area contributed by atoms with E-state index >= 15 is 0 Å². The first-order valence-electron chi connectivity index (χ1n) is 12.8. The number of benzene rings is 1. The van der Waals surface area contributed by atoms with Gasteiger partial charge in [-0.25, -0.2) is 4.79 Å². The molecule has 8 nitrogen and oxygen atoms in total. The number of rotatable bonds is 8. The molecular weight excluding hydrogens is 446 g/mol. The Kier molecular flexibility index (Phi) is 8.80. The van der Waals surface area contributed by atoms with Crippen molar-refractivity contribution in [3.05, 3.63) is 34.9 Å². The molecule has 1 aromatic carbocycles. The number of ether oxygens (including phenoxy) is 1. The van der Waals surface area contributed by atoms with E-state index in [9.17, 15) is 19.5 Å². The van der Waals surface area contributed by atoms with E-state index in [1.807, 2.05) is 32.0 Å². The summed E-state index contributed by atoms with van der Waals surface area (Å²) in [5.74, 6) is -0.697. The second-order valence-electron chi connectivity index (χ2n) is 10.9. The zero-order valence-corrected chi connectivity index (χ0v) is 21.7. The summed E-state index contributed by atoms with van der Waals surface area (Å²) in [6.45, 7) is 8.58. The predicted octanol–water partition coefficient (Wildman–Crippen LogP) is 3.67. The minimum Gasteiger partial charge on any atom is -0.444 e. The van der Waals surface area contributed by atoms with Gasteiger partial charge in [-0.3, -0.25) is 9.59 Å². The van der Waals surface area contributed by atoms with Crippen molar-refractivity contribution >= 4 is 17.9 Å². The molecule has 1 aromatic rings. The normalized spacial score (nSPS) is 18.3. The van der Waals surface area contributed by atoms with Crippen molar-refractivity contribution in [3.8, 4) is 0 Å². The number of aliphatic hydroxyl groups excluding tert-OH is 1. The van der Waals surface area contributed by atoms with E-state index in [0.29, 0.717) is 0 Å². The van der Waals surface area contributed by atoms with Crippen molar-refractivity contribution in [2.24, 2.45) is 0 Å². The number of carbonyl (C=O) groups is 3. The average molecular weight is 488 g/mol. The summed E-state index contributed by atoms with van der Waals surface area (Å²) in [5, 5.41) is 15.7. The maximum absolute atomic E-state index is 13.7. The summed E-state index contributed by atoms with van der Waals surface area (Å²) in [6, 6.07) is 3.73. The number of amides is 3. The molecule has 0 saturated heterocycles. The van der Waals surface area contributed by atoms with Crippen LogP contribution in [0.4, 0.5) is 4.79 Å². The van der Waals surface area contributed by atoms with Crippen LogP contribution in [0, 0.1) is 13.8 Å². The zero-order chi connectivity index (χ0) is 25.8. The van der Waals surface area contributed by atoms with Gasteiger partial charge in [0.25, 0.3) is 0 Å². The SMILES string of the molecule is Cc1ccc(C(C(=O)NC2CCCCC2)N(C(=O)C(CO)NC(=O)OC(C)(C)C)C2CC2)cc1C. The van der Waals surface area contributed by atoms with Gasteiger partial charge in [0.1, 0.15) is 17.7 Å². The molecule has 194 valence electrons. The minimum atomic E-state index is -1.21. The molecule has 2 aliphatic carbocycles. The Morgan fingerprint density at radius 1 is 1.06 bits per heavy atom. The van der Waals surface area contributed by atoms with Gasteiger partial charge in [-0.2, -0.15) is 0 Å². The molecule has 3 rings (SSSR count). The monoisotopic (exact) mass is 487 g/mol. The van der Waals surface area contributed by atoms with Crippen LogP contribution in [0.2, 0.25) is 0 Å². The maximum atomic E-state index is 13.7. The van der Waals surface area contributed by atoms with Crippen LogP contribution in [0.5, 0.6) is 0 Å². The van der Waals surface area contributed by atoms with Crippen LogP contribution in [0.15, 0.2) is 18.2 Å². The lowest BCUT2D eigenvalue weighted by molar-refractivity contribution is -0.144. The van der Waals surface area contributed by atoms with Crippen LogP contribution in [-0.2, 0) is 14.3 Å². The van der Waals surface area contributed by atoms with E-state index in [1.165, 1.54) is 6.42 Å². The average Bonchev–Trinajstić information content (AvgIpc) is 3.62. The van der Waals surface area contributed by atoms with Gasteiger partial charge in [0.05, 0.1) is 6.61 Å². The highest BCUT2D eigenvalue weighted by Crippen LogP contribution is 2.36. The zero-order valence-electron chi connectivity index (χ0n) is 21.7. The summed E-state index contributed by atoms with van der Waals surface area (Å²) in [4.78, 5) is 41.4. The molecule has 3 amide bonds. The lowest BCUT2D eigenvalue weighted by Crippen LogP contribution is -2.55.